The van der Waals surface area contributed by atoms with Crippen LogP contribution in [0.15, 0.2) is 24.3 Å². The summed E-state index contributed by atoms with van der Waals surface area (Å²) in [4.78, 5) is 22.7. The van der Waals surface area contributed by atoms with Crippen molar-refractivity contribution in [3.8, 4) is 0 Å². The van der Waals surface area contributed by atoms with Gasteiger partial charge >= 0.3 is 5.92 Å². The largest absolute Gasteiger partial charge is 0.347 e. The number of benzene rings is 1. The molecule has 0 aliphatic carbocycles. The molecule has 2 N–H and O–H groups in total. The molecule has 4 nitrogen and oxygen atoms in total. The van der Waals surface area contributed by atoms with Crippen LogP contribution in [-0.4, -0.2) is 23.8 Å². The van der Waals surface area contributed by atoms with Crippen LogP contribution in [0, 0.1) is 5.82 Å². The Bertz CT molecular complexity index is 543. The first-order valence-electron chi connectivity index (χ1n) is 6.01. The fourth-order valence-corrected chi connectivity index (χ4v) is 2.10. The predicted octanol–water partition coefficient (Wildman–Crippen LogP) is 1.53. The van der Waals surface area contributed by atoms with E-state index in [1.165, 1.54) is 18.2 Å². The van der Waals surface area contributed by atoms with Gasteiger partial charge in [-0.05, 0) is 6.07 Å². The monoisotopic (exact) mass is 286 g/mol. The molecule has 1 aromatic rings. The van der Waals surface area contributed by atoms with Gasteiger partial charge in [0.25, 0.3) is 5.91 Å². The second-order valence-corrected chi connectivity index (χ2v) is 4.74. The van der Waals surface area contributed by atoms with E-state index in [1.807, 2.05) is 0 Å². The van der Waals surface area contributed by atoms with Crippen molar-refractivity contribution in [2.45, 2.75) is 31.4 Å². The number of halogens is 3. The van der Waals surface area contributed by atoms with Gasteiger partial charge in [-0.25, -0.2) is 4.39 Å². The van der Waals surface area contributed by atoms with E-state index in [0.717, 1.165) is 0 Å². The van der Waals surface area contributed by atoms with E-state index in [9.17, 15) is 22.8 Å². The summed E-state index contributed by atoms with van der Waals surface area (Å²) in [6, 6.07) is 3.93. The maximum atomic E-state index is 13.7. The molecule has 0 spiro atoms. The number of nitrogens with one attached hydrogen (secondary N) is 2. The van der Waals surface area contributed by atoms with Crippen molar-refractivity contribution < 1.29 is 22.8 Å². The molecule has 0 aromatic heterocycles. The molecule has 2 rings (SSSR count). The van der Waals surface area contributed by atoms with Crippen LogP contribution in [-0.2, 0) is 9.59 Å². The number of hydrogen-bond acceptors (Lipinski definition) is 2. The van der Waals surface area contributed by atoms with Crippen LogP contribution in [0.25, 0.3) is 0 Å². The summed E-state index contributed by atoms with van der Waals surface area (Å²) in [6.07, 6.45) is -0.166. The van der Waals surface area contributed by atoms with Crippen molar-refractivity contribution in [3.05, 3.63) is 35.6 Å². The van der Waals surface area contributed by atoms with E-state index in [1.54, 1.807) is 6.07 Å². The number of carbonyl (C=O) groups excluding carboxylic acids is 2. The van der Waals surface area contributed by atoms with Gasteiger partial charge < -0.3 is 10.6 Å². The zero-order valence-electron chi connectivity index (χ0n) is 10.6. The molecular weight excluding hydrogens is 273 g/mol. The molecule has 2 atom stereocenters. The van der Waals surface area contributed by atoms with Crippen molar-refractivity contribution in [2.75, 3.05) is 0 Å². The molecule has 0 unspecified atom stereocenters. The molecule has 2 amide bonds. The zero-order chi connectivity index (χ0) is 14.9. The molecule has 7 heteroatoms. The predicted molar refractivity (Wildman–Crippen MR) is 64.5 cm³/mol. The molecule has 1 heterocycles. The molecular formula is C13H13F3N2O2. The fraction of sp³-hybridized carbons (Fsp3) is 0.385. The van der Waals surface area contributed by atoms with Crippen molar-refractivity contribution in [3.63, 3.8) is 0 Å². The lowest BCUT2D eigenvalue weighted by Crippen LogP contribution is -2.45. The van der Waals surface area contributed by atoms with Gasteiger partial charge in [0, 0.05) is 18.9 Å². The van der Waals surface area contributed by atoms with Gasteiger partial charge in [0.05, 0.1) is 12.1 Å². The summed E-state index contributed by atoms with van der Waals surface area (Å²) in [6.45, 7) is 0.463. The number of rotatable bonds is 3. The highest BCUT2D eigenvalue weighted by atomic mass is 19.3. The van der Waals surface area contributed by atoms with Crippen LogP contribution in [0.4, 0.5) is 13.2 Å². The van der Waals surface area contributed by atoms with Crippen molar-refractivity contribution in [1.29, 1.82) is 0 Å². The van der Waals surface area contributed by atoms with E-state index in [2.05, 4.69) is 10.6 Å². The lowest BCUT2D eigenvalue weighted by atomic mass is 10.00. The first-order chi connectivity index (χ1) is 9.29. The van der Waals surface area contributed by atoms with Crippen LogP contribution >= 0.6 is 0 Å². The van der Waals surface area contributed by atoms with Gasteiger partial charge in [0.2, 0.25) is 5.91 Å². The highest BCUT2D eigenvalue weighted by Gasteiger charge is 2.40. The Hall–Kier alpha value is -2.05. The standard InChI is InChI=1S/C13H13F3N2O2/c1-13(15,16)12(20)17-9-6-10(19)18-11(9)7-4-2-3-5-8(7)14/h2-5,9,11H,6H2,1H3,(H,17,20)(H,18,19)/t9-,11+/m1/s1. The van der Waals surface area contributed by atoms with Crippen LogP contribution < -0.4 is 10.6 Å². The Labute approximate surface area is 113 Å². The highest BCUT2D eigenvalue weighted by Crippen LogP contribution is 2.27. The summed E-state index contributed by atoms with van der Waals surface area (Å²) < 4.78 is 39.5. The molecule has 1 aliphatic heterocycles. The van der Waals surface area contributed by atoms with Crippen LogP contribution in [0.3, 0.4) is 0 Å². The van der Waals surface area contributed by atoms with Gasteiger partial charge in [-0.3, -0.25) is 9.59 Å². The normalized spacial score (nSPS) is 22.5. The molecule has 108 valence electrons. The second kappa shape index (κ2) is 5.15. The molecule has 1 saturated heterocycles. The quantitative estimate of drug-likeness (QED) is 0.885. The molecule has 20 heavy (non-hydrogen) atoms. The molecule has 0 radical (unpaired) electrons. The third kappa shape index (κ3) is 2.92. The second-order valence-electron chi connectivity index (χ2n) is 4.74. The molecule has 1 fully saturated rings. The first-order valence-corrected chi connectivity index (χ1v) is 6.01. The molecule has 1 aliphatic rings. The van der Waals surface area contributed by atoms with Crippen LogP contribution in [0.1, 0.15) is 24.9 Å². The van der Waals surface area contributed by atoms with E-state index in [0.29, 0.717) is 6.92 Å². The summed E-state index contributed by atoms with van der Waals surface area (Å²) >= 11 is 0. The van der Waals surface area contributed by atoms with Gasteiger partial charge in [0.1, 0.15) is 5.82 Å². The van der Waals surface area contributed by atoms with Crippen molar-refractivity contribution in [2.24, 2.45) is 0 Å². The van der Waals surface area contributed by atoms with Gasteiger partial charge in [-0.2, -0.15) is 8.78 Å². The molecule has 1 aromatic carbocycles. The van der Waals surface area contributed by atoms with Gasteiger partial charge in [-0.1, -0.05) is 18.2 Å². The number of carbonyl (C=O) groups is 2. The van der Waals surface area contributed by atoms with Gasteiger partial charge in [0.15, 0.2) is 0 Å². The van der Waals surface area contributed by atoms with E-state index < -0.39 is 35.6 Å². The average molecular weight is 286 g/mol. The van der Waals surface area contributed by atoms with E-state index in [-0.39, 0.29) is 12.0 Å². The first kappa shape index (κ1) is 14.4. The maximum Gasteiger partial charge on any atom is 0.321 e. The summed E-state index contributed by atoms with van der Waals surface area (Å²) in [5.41, 5.74) is 0.156. The minimum absolute atomic E-state index is 0.156. The Kier molecular flexibility index (Phi) is 3.69. The maximum absolute atomic E-state index is 13.7. The van der Waals surface area contributed by atoms with Crippen LogP contribution in [0.5, 0.6) is 0 Å². The Morgan fingerprint density at radius 2 is 2.05 bits per heavy atom. The molecule has 0 bridgehead atoms. The number of hydrogen-bond donors (Lipinski definition) is 2. The zero-order valence-corrected chi connectivity index (χ0v) is 10.6. The van der Waals surface area contributed by atoms with E-state index in [4.69, 9.17) is 0 Å². The number of amides is 2. The summed E-state index contributed by atoms with van der Waals surface area (Å²) in [7, 11) is 0. The highest BCUT2D eigenvalue weighted by molar-refractivity contribution is 5.86. The smallest absolute Gasteiger partial charge is 0.321 e. The fourth-order valence-electron chi connectivity index (χ4n) is 2.10. The van der Waals surface area contributed by atoms with Crippen molar-refractivity contribution >= 4 is 11.8 Å². The summed E-state index contributed by atoms with van der Waals surface area (Å²) in [5.74, 6) is -6.03. The summed E-state index contributed by atoms with van der Waals surface area (Å²) in [5, 5.41) is 4.57. The molecule has 0 saturated carbocycles. The Morgan fingerprint density at radius 3 is 2.65 bits per heavy atom. The average Bonchev–Trinajstić information content (AvgIpc) is 2.69. The topological polar surface area (TPSA) is 58.2 Å². The Balaban J connectivity index is 2.22. The number of alkyl halides is 2. The lowest BCUT2D eigenvalue weighted by Gasteiger charge is -2.22. The SMILES string of the molecule is CC(F)(F)C(=O)N[C@@H]1CC(=O)N[C@H]1c1ccccc1F. The van der Waals surface area contributed by atoms with E-state index >= 15 is 0 Å². The third-order valence-electron chi connectivity index (χ3n) is 3.08. The minimum Gasteiger partial charge on any atom is -0.347 e. The van der Waals surface area contributed by atoms with Gasteiger partial charge in [-0.15, -0.1) is 0 Å². The Morgan fingerprint density at radius 1 is 1.40 bits per heavy atom. The van der Waals surface area contributed by atoms with Crippen molar-refractivity contribution in [1.82, 2.24) is 10.6 Å². The third-order valence-corrected chi connectivity index (χ3v) is 3.08. The van der Waals surface area contributed by atoms with Crippen LogP contribution in [0.2, 0.25) is 0 Å². The minimum atomic E-state index is -3.55. The lowest BCUT2D eigenvalue weighted by molar-refractivity contribution is -0.143.